The lowest BCUT2D eigenvalue weighted by Crippen LogP contribution is -2.41. The summed E-state index contributed by atoms with van der Waals surface area (Å²) < 4.78 is 27.6. The maximum Gasteiger partial charge on any atom is 0.249 e. The van der Waals surface area contributed by atoms with Crippen LogP contribution in [0.4, 0.5) is 14.5 Å². The van der Waals surface area contributed by atoms with E-state index in [0.29, 0.717) is 19.4 Å². The van der Waals surface area contributed by atoms with Crippen molar-refractivity contribution >= 4 is 17.5 Å². The first kappa shape index (κ1) is 18.3. The number of hydrogen-bond donors (Lipinski definition) is 2. The third kappa shape index (κ3) is 4.50. The Labute approximate surface area is 140 Å². The highest BCUT2D eigenvalue weighted by Gasteiger charge is 2.36. The number of benzene rings is 1. The van der Waals surface area contributed by atoms with Gasteiger partial charge in [0.25, 0.3) is 0 Å². The molecule has 24 heavy (non-hydrogen) atoms. The van der Waals surface area contributed by atoms with Gasteiger partial charge < -0.3 is 16.0 Å². The molecular weight excluding hydrogens is 316 g/mol. The van der Waals surface area contributed by atoms with Crippen LogP contribution in [0.2, 0.25) is 0 Å². The van der Waals surface area contributed by atoms with Gasteiger partial charge in [0.1, 0.15) is 23.4 Å². The minimum atomic E-state index is -0.782. The van der Waals surface area contributed by atoms with Crippen LogP contribution in [-0.2, 0) is 9.59 Å². The van der Waals surface area contributed by atoms with Crippen molar-refractivity contribution in [1.29, 1.82) is 0 Å². The van der Waals surface area contributed by atoms with Crippen LogP contribution in [-0.4, -0.2) is 30.9 Å². The van der Waals surface area contributed by atoms with Crippen LogP contribution in [0.1, 0.15) is 38.5 Å². The minimum Gasteiger partial charge on any atom is -0.344 e. The van der Waals surface area contributed by atoms with Gasteiger partial charge in [0.05, 0.1) is 0 Å². The van der Waals surface area contributed by atoms with Gasteiger partial charge in [-0.1, -0.05) is 18.9 Å². The lowest BCUT2D eigenvalue weighted by Gasteiger charge is -2.18. The summed E-state index contributed by atoms with van der Waals surface area (Å²) in [6, 6.07) is 2.75. The highest BCUT2D eigenvalue weighted by atomic mass is 19.1. The molecule has 7 heteroatoms. The van der Waals surface area contributed by atoms with E-state index in [4.69, 9.17) is 5.73 Å². The van der Waals surface area contributed by atoms with Gasteiger partial charge in [-0.3, -0.25) is 9.59 Å². The molecule has 0 bridgehead atoms. The number of unbranched alkanes of at least 4 members (excludes halogenated alkanes) is 3. The Morgan fingerprint density at radius 2 is 1.88 bits per heavy atom. The molecule has 0 aliphatic carbocycles. The number of rotatable bonds is 8. The van der Waals surface area contributed by atoms with E-state index in [2.05, 4.69) is 5.32 Å². The van der Waals surface area contributed by atoms with Crippen LogP contribution in [0.5, 0.6) is 0 Å². The highest BCUT2D eigenvalue weighted by molar-refractivity contribution is 6.01. The maximum absolute atomic E-state index is 13.8. The van der Waals surface area contributed by atoms with Gasteiger partial charge >= 0.3 is 0 Å². The smallest absolute Gasteiger partial charge is 0.249 e. The molecule has 0 spiro atoms. The van der Waals surface area contributed by atoms with Gasteiger partial charge in [-0.05, 0) is 37.9 Å². The molecule has 1 aromatic carbocycles. The lowest BCUT2D eigenvalue weighted by molar-refractivity contribution is -0.126. The number of nitrogens with one attached hydrogen (secondary N) is 1. The van der Waals surface area contributed by atoms with Crippen LogP contribution in [0.15, 0.2) is 18.2 Å². The molecule has 1 heterocycles. The molecule has 1 fully saturated rings. The van der Waals surface area contributed by atoms with Crippen LogP contribution < -0.4 is 16.0 Å². The van der Waals surface area contributed by atoms with E-state index in [9.17, 15) is 18.4 Å². The molecule has 132 valence electrons. The molecule has 0 saturated carbocycles. The summed E-state index contributed by atoms with van der Waals surface area (Å²) in [7, 11) is 0. The molecule has 2 amide bonds. The fraction of sp³-hybridized carbons (Fsp3) is 0.529. The molecule has 1 saturated heterocycles. The normalized spacial score (nSPS) is 17.4. The van der Waals surface area contributed by atoms with Gasteiger partial charge in [-0.2, -0.15) is 0 Å². The Kier molecular flexibility index (Phi) is 6.66. The molecule has 1 aromatic rings. The van der Waals surface area contributed by atoms with E-state index in [0.717, 1.165) is 42.7 Å². The van der Waals surface area contributed by atoms with Crippen molar-refractivity contribution in [3.05, 3.63) is 29.8 Å². The van der Waals surface area contributed by atoms with E-state index in [-0.39, 0.29) is 18.1 Å². The predicted molar refractivity (Wildman–Crippen MR) is 87.4 cm³/mol. The van der Waals surface area contributed by atoms with Crippen LogP contribution in [0, 0.1) is 11.6 Å². The Morgan fingerprint density at radius 3 is 2.54 bits per heavy atom. The van der Waals surface area contributed by atoms with Gasteiger partial charge in [0.15, 0.2) is 0 Å². The van der Waals surface area contributed by atoms with Crippen molar-refractivity contribution in [3.8, 4) is 0 Å². The molecule has 5 nitrogen and oxygen atoms in total. The minimum absolute atomic E-state index is 0.179. The second-order valence-electron chi connectivity index (χ2n) is 5.92. The Bertz CT molecular complexity index is 575. The topological polar surface area (TPSA) is 75.4 Å². The van der Waals surface area contributed by atoms with Gasteiger partial charge in [0.2, 0.25) is 11.8 Å². The van der Waals surface area contributed by atoms with Gasteiger partial charge in [-0.25, -0.2) is 8.78 Å². The van der Waals surface area contributed by atoms with Crippen molar-refractivity contribution in [1.82, 2.24) is 5.32 Å². The second-order valence-corrected chi connectivity index (χ2v) is 5.92. The summed E-state index contributed by atoms with van der Waals surface area (Å²) in [5.41, 5.74) is 5.06. The number of amides is 2. The van der Waals surface area contributed by atoms with E-state index >= 15 is 0 Å². The molecule has 3 N–H and O–H groups in total. The zero-order chi connectivity index (χ0) is 17.5. The highest BCUT2D eigenvalue weighted by Crippen LogP contribution is 2.27. The van der Waals surface area contributed by atoms with Crippen molar-refractivity contribution in [2.75, 3.05) is 18.0 Å². The molecule has 0 aromatic heterocycles. The largest absolute Gasteiger partial charge is 0.344 e. The molecule has 1 atom stereocenters. The van der Waals surface area contributed by atoms with Crippen molar-refractivity contribution in [3.63, 3.8) is 0 Å². The molecule has 1 unspecified atom stereocenters. The van der Waals surface area contributed by atoms with E-state index < -0.39 is 23.6 Å². The van der Waals surface area contributed by atoms with Crippen molar-refractivity contribution in [2.45, 2.75) is 44.6 Å². The average Bonchev–Trinajstić information content (AvgIpc) is 2.88. The summed E-state index contributed by atoms with van der Waals surface area (Å²) in [5.74, 6) is -2.25. The third-order valence-corrected chi connectivity index (χ3v) is 4.11. The number of hydrogen-bond acceptors (Lipinski definition) is 3. The summed E-state index contributed by atoms with van der Waals surface area (Å²) in [5, 5.41) is 2.66. The van der Waals surface area contributed by atoms with Crippen LogP contribution in [0.3, 0.4) is 0 Å². The fourth-order valence-electron chi connectivity index (χ4n) is 2.83. The second kappa shape index (κ2) is 8.73. The number of carbonyl (C=O) groups is 2. The predicted octanol–water partition coefficient (Wildman–Crippen LogP) is 2.10. The summed E-state index contributed by atoms with van der Waals surface area (Å²) >= 11 is 0. The van der Waals surface area contributed by atoms with Gasteiger partial charge in [-0.15, -0.1) is 0 Å². The number of carbonyl (C=O) groups excluding carboxylic acids is 2. The van der Waals surface area contributed by atoms with E-state index in [1.807, 2.05) is 0 Å². The number of anilines is 1. The number of para-hydroxylation sites is 1. The first-order chi connectivity index (χ1) is 11.5. The summed E-state index contributed by atoms with van der Waals surface area (Å²) in [6.45, 7) is 0.823. The zero-order valence-electron chi connectivity index (χ0n) is 13.6. The molecule has 1 aliphatic rings. The Morgan fingerprint density at radius 1 is 1.21 bits per heavy atom. The number of nitrogens with two attached hydrogens (primary N) is 1. The van der Waals surface area contributed by atoms with Crippen LogP contribution >= 0.6 is 0 Å². The molecule has 0 radical (unpaired) electrons. The third-order valence-electron chi connectivity index (χ3n) is 4.11. The SMILES string of the molecule is NCCCCCCC(=O)NC1CCN(c2c(F)cccc2F)C1=O. The van der Waals surface area contributed by atoms with E-state index in [1.54, 1.807) is 0 Å². The first-order valence-corrected chi connectivity index (χ1v) is 8.29. The molecule has 2 rings (SSSR count). The lowest BCUT2D eigenvalue weighted by atomic mass is 10.1. The van der Waals surface area contributed by atoms with E-state index in [1.165, 1.54) is 6.07 Å². The fourth-order valence-corrected chi connectivity index (χ4v) is 2.83. The Hall–Kier alpha value is -2.02. The monoisotopic (exact) mass is 339 g/mol. The quantitative estimate of drug-likeness (QED) is 0.712. The first-order valence-electron chi connectivity index (χ1n) is 8.29. The zero-order valence-corrected chi connectivity index (χ0v) is 13.6. The maximum atomic E-state index is 13.8. The average molecular weight is 339 g/mol. The Balaban J connectivity index is 1.87. The molecule has 1 aliphatic heterocycles. The van der Waals surface area contributed by atoms with Crippen molar-refractivity contribution < 1.29 is 18.4 Å². The summed E-state index contributed by atoms with van der Waals surface area (Å²) in [4.78, 5) is 25.3. The van der Waals surface area contributed by atoms with Crippen LogP contribution in [0.25, 0.3) is 0 Å². The van der Waals surface area contributed by atoms with Gasteiger partial charge in [0, 0.05) is 13.0 Å². The summed E-state index contributed by atoms with van der Waals surface area (Å²) in [6.07, 6.45) is 4.24. The number of nitrogens with zero attached hydrogens (tertiary/aromatic N) is 1. The van der Waals surface area contributed by atoms with Crippen molar-refractivity contribution in [2.24, 2.45) is 5.73 Å². The molecular formula is C17H23F2N3O2. The number of halogens is 2. The standard InChI is InChI=1S/C17H23F2N3O2/c18-12-6-5-7-13(19)16(12)22-11-9-14(17(22)24)21-15(23)8-3-1-2-4-10-20/h5-7,14H,1-4,8-11,20H2,(H,21,23).